The highest BCUT2D eigenvalue weighted by Gasteiger charge is 2.15. The molecule has 2 aromatic rings. The van der Waals surface area contributed by atoms with Crippen molar-refractivity contribution in [3.8, 4) is 6.07 Å². The number of fused-ring (bicyclic) bond motifs is 1. The molecule has 0 saturated carbocycles. The summed E-state index contributed by atoms with van der Waals surface area (Å²) >= 11 is 0. The second kappa shape index (κ2) is 6.21. The largest absolute Gasteiger partial charge is 0.340 e. The van der Waals surface area contributed by atoms with Crippen molar-refractivity contribution >= 4 is 16.7 Å². The molecular formula is C17H18N2O. The number of hydrogen-bond acceptors (Lipinski definition) is 2. The summed E-state index contributed by atoms with van der Waals surface area (Å²) in [5.74, 6) is -0.00179. The van der Waals surface area contributed by atoms with Crippen molar-refractivity contribution in [2.45, 2.75) is 26.3 Å². The van der Waals surface area contributed by atoms with Crippen molar-refractivity contribution in [2.75, 3.05) is 0 Å². The lowest BCUT2D eigenvalue weighted by Crippen LogP contribution is -2.38. The number of hydrogen-bond donors (Lipinski definition) is 1. The normalized spacial score (nSPS) is 12.1. The second-order valence-corrected chi connectivity index (χ2v) is 5.23. The number of nitriles is 1. The highest BCUT2D eigenvalue weighted by Crippen LogP contribution is 2.18. The van der Waals surface area contributed by atoms with Crippen LogP contribution >= 0.6 is 0 Å². The second-order valence-electron chi connectivity index (χ2n) is 5.23. The summed E-state index contributed by atoms with van der Waals surface area (Å²) in [6.45, 7) is 3.85. The van der Waals surface area contributed by atoms with Crippen LogP contribution in [0.15, 0.2) is 42.5 Å². The Bertz CT molecular complexity index is 650. The number of nitrogens with zero attached hydrogens (tertiary/aromatic N) is 1. The van der Waals surface area contributed by atoms with Crippen LogP contribution in [-0.2, 0) is 11.2 Å². The van der Waals surface area contributed by atoms with Gasteiger partial charge in [-0.05, 0) is 22.3 Å². The monoisotopic (exact) mass is 266 g/mol. The van der Waals surface area contributed by atoms with E-state index in [4.69, 9.17) is 5.26 Å². The lowest BCUT2D eigenvalue weighted by Gasteiger charge is -2.15. The van der Waals surface area contributed by atoms with Gasteiger partial charge in [-0.3, -0.25) is 4.79 Å². The molecule has 0 aliphatic heterocycles. The van der Waals surface area contributed by atoms with Crippen molar-refractivity contribution in [3.05, 3.63) is 48.0 Å². The molecule has 1 atom stereocenters. The highest BCUT2D eigenvalue weighted by atomic mass is 16.1. The van der Waals surface area contributed by atoms with Crippen LogP contribution in [0.5, 0.6) is 0 Å². The summed E-state index contributed by atoms with van der Waals surface area (Å²) in [7, 11) is 0. The maximum atomic E-state index is 12.1. The molecule has 102 valence electrons. The summed E-state index contributed by atoms with van der Waals surface area (Å²) in [6.07, 6.45) is 0.298. The molecular weight excluding hydrogens is 248 g/mol. The van der Waals surface area contributed by atoms with Crippen LogP contribution in [0.25, 0.3) is 10.8 Å². The lowest BCUT2D eigenvalue weighted by molar-refractivity contribution is -0.121. The fourth-order valence-corrected chi connectivity index (χ4v) is 2.19. The van der Waals surface area contributed by atoms with Crippen LogP contribution in [0.4, 0.5) is 0 Å². The zero-order chi connectivity index (χ0) is 14.5. The minimum Gasteiger partial charge on any atom is -0.340 e. The van der Waals surface area contributed by atoms with E-state index in [1.807, 2.05) is 56.3 Å². The van der Waals surface area contributed by atoms with E-state index in [-0.39, 0.29) is 11.8 Å². The smallest absolute Gasteiger partial charge is 0.225 e. The van der Waals surface area contributed by atoms with Crippen LogP contribution in [0.2, 0.25) is 0 Å². The number of carbonyl (C=O) groups is 1. The van der Waals surface area contributed by atoms with E-state index >= 15 is 0 Å². The Labute approximate surface area is 119 Å². The molecule has 20 heavy (non-hydrogen) atoms. The molecule has 0 spiro atoms. The first kappa shape index (κ1) is 14.1. The predicted octanol–water partition coefficient (Wildman–Crippen LogP) is 3.05. The SMILES string of the molecule is CC(C)C(C#N)NC(=O)Cc1cccc2ccccc12. The third kappa shape index (κ3) is 3.16. The maximum Gasteiger partial charge on any atom is 0.225 e. The van der Waals surface area contributed by atoms with Crippen LogP contribution in [-0.4, -0.2) is 11.9 Å². The van der Waals surface area contributed by atoms with Gasteiger partial charge in [0.15, 0.2) is 0 Å². The molecule has 3 heteroatoms. The van der Waals surface area contributed by atoms with E-state index in [0.29, 0.717) is 6.42 Å². The summed E-state index contributed by atoms with van der Waals surface area (Å²) in [5.41, 5.74) is 0.987. The van der Waals surface area contributed by atoms with Gasteiger partial charge in [0, 0.05) is 0 Å². The Hall–Kier alpha value is -2.34. The number of carbonyl (C=O) groups excluding carboxylic acids is 1. The molecule has 2 rings (SSSR count). The Morgan fingerprint density at radius 2 is 1.90 bits per heavy atom. The summed E-state index contributed by atoms with van der Waals surface area (Å²) < 4.78 is 0. The van der Waals surface area contributed by atoms with Gasteiger partial charge in [0.05, 0.1) is 12.5 Å². The van der Waals surface area contributed by atoms with Gasteiger partial charge in [-0.2, -0.15) is 5.26 Å². The van der Waals surface area contributed by atoms with Gasteiger partial charge in [0.1, 0.15) is 6.04 Å². The highest BCUT2D eigenvalue weighted by molar-refractivity contribution is 5.90. The topological polar surface area (TPSA) is 52.9 Å². The number of benzene rings is 2. The van der Waals surface area contributed by atoms with Crippen molar-refractivity contribution < 1.29 is 4.79 Å². The van der Waals surface area contributed by atoms with Gasteiger partial charge in [0.2, 0.25) is 5.91 Å². The molecule has 0 fully saturated rings. The Morgan fingerprint density at radius 3 is 2.60 bits per heavy atom. The quantitative estimate of drug-likeness (QED) is 0.924. The number of amides is 1. The van der Waals surface area contributed by atoms with Crippen LogP contribution in [0, 0.1) is 17.2 Å². The molecule has 1 amide bonds. The first-order valence-corrected chi connectivity index (χ1v) is 6.77. The van der Waals surface area contributed by atoms with Crippen LogP contribution in [0.1, 0.15) is 19.4 Å². The van der Waals surface area contributed by atoms with Gasteiger partial charge >= 0.3 is 0 Å². The van der Waals surface area contributed by atoms with Crippen molar-refractivity contribution in [3.63, 3.8) is 0 Å². The zero-order valence-electron chi connectivity index (χ0n) is 11.8. The van der Waals surface area contributed by atoms with Crippen molar-refractivity contribution in [1.82, 2.24) is 5.32 Å². The molecule has 0 saturated heterocycles. The first-order valence-electron chi connectivity index (χ1n) is 6.77. The molecule has 0 radical (unpaired) electrons. The van der Waals surface area contributed by atoms with Gasteiger partial charge in [0.25, 0.3) is 0 Å². The van der Waals surface area contributed by atoms with Gasteiger partial charge < -0.3 is 5.32 Å². The van der Waals surface area contributed by atoms with Gasteiger partial charge in [-0.25, -0.2) is 0 Å². The fraction of sp³-hybridized carbons (Fsp3) is 0.294. The standard InChI is InChI=1S/C17H18N2O/c1-12(2)16(11-18)19-17(20)10-14-8-5-7-13-6-3-4-9-15(13)14/h3-9,12,16H,10H2,1-2H3,(H,19,20). The summed E-state index contributed by atoms with van der Waals surface area (Å²) in [6, 6.07) is 15.6. The predicted molar refractivity (Wildman–Crippen MR) is 80.0 cm³/mol. The average Bonchev–Trinajstić information content (AvgIpc) is 2.45. The minimum absolute atomic E-state index is 0.108. The van der Waals surface area contributed by atoms with E-state index in [1.165, 1.54) is 0 Å². The van der Waals surface area contributed by atoms with E-state index in [9.17, 15) is 4.79 Å². The van der Waals surface area contributed by atoms with Gasteiger partial charge in [-0.1, -0.05) is 56.3 Å². The lowest BCUT2D eigenvalue weighted by atomic mass is 10.0. The molecule has 0 bridgehead atoms. The fourth-order valence-electron chi connectivity index (χ4n) is 2.19. The summed E-state index contributed by atoms with van der Waals surface area (Å²) in [5, 5.41) is 14.0. The maximum absolute atomic E-state index is 12.1. The van der Waals surface area contributed by atoms with Crippen molar-refractivity contribution in [1.29, 1.82) is 5.26 Å². The van der Waals surface area contributed by atoms with E-state index in [0.717, 1.165) is 16.3 Å². The Morgan fingerprint density at radius 1 is 1.20 bits per heavy atom. The van der Waals surface area contributed by atoms with E-state index in [1.54, 1.807) is 0 Å². The molecule has 0 aromatic heterocycles. The van der Waals surface area contributed by atoms with Crippen LogP contribution < -0.4 is 5.32 Å². The average molecular weight is 266 g/mol. The molecule has 3 nitrogen and oxygen atoms in total. The van der Waals surface area contributed by atoms with Gasteiger partial charge in [-0.15, -0.1) is 0 Å². The van der Waals surface area contributed by atoms with E-state index in [2.05, 4.69) is 11.4 Å². The molecule has 0 aliphatic carbocycles. The summed E-state index contributed by atoms with van der Waals surface area (Å²) in [4.78, 5) is 12.1. The first-order chi connectivity index (χ1) is 9.61. The Balaban J connectivity index is 2.16. The molecule has 0 aliphatic rings. The zero-order valence-corrected chi connectivity index (χ0v) is 11.8. The van der Waals surface area contributed by atoms with Crippen LogP contribution in [0.3, 0.4) is 0 Å². The third-order valence-electron chi connectivity index (χ3n) is 3.35. The third-order valence-corrected chi connectivity index (χ3v) is 3.35. The minimum atomic E-state index is -0.433. The Kier molecular flexibility index (Phi) is 4.37. The number of nitrogens with one attached hydrogen (secondary N) is 1. The van der Waals surface area contributed by atoms with Crippen molar-refractivity contribution in [2.24, 2.45) is 5.92 Å². The van der Waals surface area contributed by atoms with E-state index < -0.39 is 6.04 Å². The molecule has 2 aromatic carbocycles. The molecule has 0 heterocycles. The molecule has 1 N–H and O–H groups in total. The molecule has 1 unspecified atom stereocenters. The number of rotatable bonds is 4.